The number of nitrogens with zero attached hydrogens (tertiary/aromatic N) is 8. The van der Waals surface area contributed by atoms with Crippen molar-refractivity contribution in [2.24, 2.45) is 0 Å². The summed E-state index contributed by atoms with van der Waals surface area (Å²) in [4.78, 5) is 27.3. The molecule has 0 amide bonds. The van der Waals surface area contributed by atoms with Gasteiger partial charge in [-0.1, -0.05) is 12.1 Å². The van der Waals surface area contributed by atoms with Crippen LogP contribution in [0.4, 0.5) is 0 Å². The van der Waals surface area contributed by atoms with Gasteiger partial charge in [0.05, 0.1) is 33.5 Å². The van der Waals surface area contributed by atoms with Gasteiger partial charge >= 0.3 is 0 Å². The van der Waals surface area contributed by atoms with Crippen LogP contribution in [0.5, 0.6) is 0 Å². The minimum atomic E-state index is 0.896. The molecule has 10 aromatic rings. The molecule has 0 aliphatic carbocycles. The summed E-state index contributed by atoms with van der Waals surface area (Å²) in [6.07, 6.45) is 18.7. The van der Waals surface area contributed by atoms with Crippen LogP contribution < -0.4 is 0 Å². The van der Waals surface area contributed by atoms with E-state index in [1.54, 1.807) is 0 Å². The van der Waals surface area contributed by atoms with Gasteiger partial charge in [-0.05, 0) is 96.1 Å². The number of hydrogen-bond donors (Lipinski definition) is 0. The van der Waals surface area contributed by atoms with Crippen molar-refractivity contribution in [1.82, 2.24) is 39.0 Å². The molecule has 0 saturated carbocycles. The molecular weight excluding hydrogens is 617 g/mol. The lowest BCUT2D eigenvalue weighted by atomic mass is 9.96. The van der Waals surface area contributed by atoms with Crippen molar-refractivity contribution in [2.45, 2.75) is 0 Å². The Morgan fingerprint density at radius 1 is 0.340 bits per heavy atom. The van der Waals surface area contributed by atoms with Crippen molar-refractivity contribution in [3.63, 3.8) is 0 Å². The average Bonchev–Trinajstić information content (AvgIpc) is 3.71. The molecule has 0 bridgehead atoms. The first kappa shape index (κ1) is 28.0. The summed E-state index contributed by atoms with van der Waals surface area (Å²) < 4.78 is 4.61. The van der Waals surface area contributed by atoms with E-state index in [-0.39, 0.29) is 0 Å². The van der Waals surface area contributed by atoms with Gasteiger partial charge in [0, 0.05) is 106 Å². The van der Waals surface area contributed by atoms with Crippen LogP contribution in [0, 0.1) is 0 Å². The predicted molar refractivity (Wildman–Crippen MR) is 198 cm³/mol. The van der Waals surface area contributed by atoms with Gasteiger partial charge in [0.15, 0.2) is 0 Å². The molecule has 8 heterocycles. The summed E-state index contributed by atoms with van der Waals surface area (Å²) >= 11 is 0. The van der Waals surface area contributed by atoms with E-state index < -0.39 is 0 Å². The third-order valence-corrected chi connectivity index (χ3v) is 9.34. The number of rotatable bonds is 5. The molecule has 234 valence electrons. The van der Waals surface area contributed by atoms with Crippen LogP contribution >= 0.6 is 0 Å². The molecule has 50 heavy (non-hydrogen) atoms. The second kappa shape index (κ2) is 11.3. The third kappa shape index (κ3) is 4.47. The van der Waals surface area contributed by atoms with Crippen LogP contribution in [0.2, 0.25) is 0 Å². The zero-order chi connectivity index (χ0) is 33.0. The molecule has 0 aliphatic rings. The molecule has 10 rings (SSSR count). The lowest BCUT2D eigenvalue weighted by Crippen LogP contribution is -2.00. The third-order valence-electron chi connectivity index (χ3n) is 9.34. The number of benzene rings is 2. The van der Waals surface area contributed by atoms with Crippen LogP contribution in [0.1, 0.15) is 0 Å². The quantitative estimate of drug-likeness (QED) is 0.186. The highest BCUT2D eigenvalue weighted by molar-refractivity contribution is 6.10. The van der Waals surface area contributed by atoms with Crippen molar-refractivity contribution in [3.05, 3.63) is 159 Å². The second-order valence-electron chi connectivity index (χ2n) is 12.2. The van der Waals surface area contributed by atoms with Crippen molar-refractivity contribution in [1.29, 1.82) is 0 Å². The van der Waals surface area contributed by atoms with Gasteiger partial charge in [-0.15, -0.1) is 0 Å². The summed E-state index contributed by atoms with van der Waals surface area (Å²) in [5.74, 6) is 0. The lowest BCUT2D eigenvalue weighted by Gasteiger charge is -2.17. The SMILES string of the molecule is c1ccc(-c2cc(-c3cc(-n4c5ccncc5c5cnccc54)cc(-n4c5ccncc5c5cnccc54)c3)cc(-c3ccccn3)c2)nc1. The Bertz CT molecular complexity index is 2580. The molecule has 0 radical (unpaired) electrons. The summed E-state index contributed by atoms with van der Waals surface area (Å²) in [6, 6.07) is 33.7. The maximum Gasteiger partial charge on any atom is 0.0702 e. The van der Waals surface area contributed by atoms with Crippen LogP contribution in [-0.4, -0.2) is 39.0 Å². The number of aromatic nitrogens is 8. The minimum Gasteiger partial charge on any atom is -0.309 e. The van der Waals surface area contributed by atoms with E-state index in [4.69, 9.17) is 9.97 Å². The smallest absolute Gasteiger partial charge is 0.0702 e. The molecule has 0 aliphatic heterocycles. The number of hydrogen-bond acceptors (Lipinski definition) is 6. The molecule has 8 aromatic heterocycles. The van der Waals surface area contributed by atoms with Gasteiger partial charge in [-0.25, -0.2) is 0 Å². The molecule has 2 aromatic carbocycles. The van der Waals surface area contributed by atoms with Gasteiger partial charge in [0.2, 0.25) is 0 Å². The Kier molecular flexibility index (Phi) is 6.32. The fraction of sp³-hybridized carbons (Fsp3) is 0. The van der Waals surface area contributed by atoms with Crippen molar-refractivity contribution in [3.8, 4) is 45.0 Å². The lowest BCUT2D eigenvalue weighted by molar-refractivity contribution is 1.13. The number of fused-ring (bicyclic) bond motifs is 6. The van der Waals surface area contributed by atoms with Gasteiger partial charge in [0.25, 0.3) is 0 Å². The van der Waals surface area contributed by atoms with Crippen molar-refractivity contribution >= 4 is 43.6 Å². The Morgan fingerprint density at radius 3 is 1.10 bits per heavy atom. The second-order valence-corrected chi connectivity index (χ2v) is 12.2. The summed E-state index contributed by atoms with van der Waals surface area (Å²) in [6.45, 7) is 0. The Hall–Kier alpha value is -7.06. The van der Waals surface area contributed by atoms with E-state index in [1.807, 2.05) is 98.4 Å². The standard InChI is InChI=1S/C42H26N8/c1-3-11-47-37(5-1)29-17-27(18-30(19-29)38-6-2-4-12-48-38)28-20-31(49-39-7-13-43-23-33(39)34-24-44-14-8-40(34)49)22-32(21-28)50-41-9-15-45-25-35(41)36-26-46-16-10-42(36)50/h1-26H. The van der Waals surface area contributed by atoms with Crippen molar-refractivity contribution in [2.75, 3.05) is 0 Å². The summed E-state index contributed by atoms with van der Waals surface area (Å²) in [5, 5.41) is 4.19. The first-order chi connectivity index (χ1) is 24.8. The summed E-state index contributed by atoms with van der Waals surface area (Å²) in [5.41, 5.74) is 12.1. The molecular formula is C42H26N8. The minimum absolute atomic E-state index is 0.896. The number of pyridine rings is 6. The maximum absolute atomic E-state index is 4.72. The first-order valence-corrected chi connectivity index (χ1v) is 16.3. The predicted octanol–water partition coefficient (Wildman–Crippen LogP) is 9.25. The molecule has 0 fully saturated rings. The zero-order valence-corrected chi connectivity index (χ0v) is 26.6. The Labute approximate surface area is 286 Å². The van der Waals surface area contributed by atoms with E-state index in [9.17, 15) is 0 Å². The Morgan fingerprint density at radius 2 is 0.720 bits per heavy atom. The molecule has 0 N–H and O–H groups in total. The fourth-order valence-corrected chi connectivity index (χ4v) is 7.15. The molecule has 0 unspecified atom stereocenters. The van der Waals surface area contributed by atoms with E-state index >= 15 is 0 Å². The highest BCUT2D eigenvalue weighted by Gasteiger charge is 2.18. The first-order valence-electron chi connectivity index (χ1n) is 16.3. The molecule has 8 nitrogen and oxygen atoms in total. The summed E-state index contributed by atoms with van der Waals surface area (Å²) in [7, 11) is 0. The van der Waals surface area contributed by atoms with Crippen molar-refractivity contribution < 1.29 is 0 Å². The van der Waals surface area contributed by atoms with Crippen LogP contribution in [0.25, 0.3) is 88.6 Å². The van der Waals surface area contributed by atoms with E-state index in [2.05, 4.69) is 89.7 Å². The van der Waals surface area contributed by atoms with Gasteiger partial charge in [0.1, 0.15) is 0 Å². The molecule has 0 saturated heterocycles. The van der Waals surface area contributed by atoms with E-state index in [0.717, 1.165) is 88.6 Å². The van der Waals surface area contributed by atoms with Gasteiger partial charge in [-0.3, -0.25) is 29.9 Å². The maximum atomic E-state index is 4.72. The largest absolute Gasteiger partial charge is 0.309 e. The van der Waals surface area contributed by atoms with Gasteiger partial charge in [-0.2, -0.15) is 0 Å². The van der Waals surface area contributed by atoms with Crippen LogP contribution in [0.3, 0.4) is 0 Å². The topological polar surface area (TPSA) is 87.2 Å². The monoisotopic (exact) mass is 642 g/mol. The fourth-order valence-electron chi connectivity index (χ4n) is 7.15. The Balaban J connectivity index is 1.31. The average molecular weight is 643 g/mol. The molecule has 8 heteroatoms. The highest BCUT2D eigenvalue weighted by atomic mass is 15.0. The molecule has 0 spiro atoms. The zero-order valence-electron chi connectivity index (χ0n) is 26.6. The molecule has 0 atom stereocenters. The van der Waals surface area contributed by atoms with Gasteiger partial charge < -0.3 is 9.13 Å². The van der Waals surface area contributed by atoms with Crippen LogP contribution in [-0.2, 0) is 0 Å². The van der Waals surface area contributed by atoms with E-state index in [1.165, 1.54) is 0 Å². The van der Waals surface area contributed by atoms with Crippen LogP contribution in [0.15, 0.2) is 159 Å². The highest BCUT2D eigenvalue weighted by Crippen LogP contribution is 2.38. The van der Waals surface area contributed by atoms with E-state index in [0.29, 0.717) is 0 Å². The normalized spacial score (nSPS) is 11.6.